The average Bonchev–Trinajstić information content (AvgIpc) is 3.17. The first-order chi connectivity index (χ1) is 12.6. The van der Waals surface area contributed by atoms with Crippen molar-refractivity contribution in [2.45, 2.75) is 38.8 Å². The second-order valence-electron chi connectivity index (χ2n) is 7.98. The van der Waals surface area contributed by atoms with Gasteiger partial charge in [-0.3, -0.25) is 4.68 Å². The molecule has 0 bridgehead atoms. The molecule has 27 heavy (non-hydrogen) atoms. The maximum Gasteiger partial charge on any atom is 0.410 e. The van der Waals surface area contributed by atoms with Crippen molar-refractivity contribution in [3.05, 3.63) is 23.9 Å². The Hall–Kier alpha value is -2.77. The van der Waals surface area contributed by atoms with E-state index in [0.717, 1.165) is 24.0 Å². The average molecular weight is 374 g/mol. The fraction of sp³-hybridized carbons (Fsp3) is 0.526. The van der Waals surface area contributed by atoms with Crippen LogP contribution in [0.4, 0.5) is 10.5 Å². The molecule has 2 heterocycles. The second kappa shape index (κ2) is 6.75. The van der Waals surface area contributed by atoms with Gasteiger partial charge in [0.2, 0.25) is 0 Å². The van der Waals surface area contributed by atoms with Crippen molar-refractivity contribution in [2.75, 3.05) is 25.0 Å². The van der Waals surface area contributed by atoms with Crippen LogP contribution in [0.2, 0.25) is 0 Å². The standard InChI is InChI=1S/C19H26N4O4/c1-19(2,3)27-18(26)22(5)12-8-9-23(10-12)15-7-6-13(17(24)25)16-14(15)11-21(4)20-16/h6-7,11-12H,8-10H2,1-5H3,(H,24,25)/t12-/m1/s1. The minimum atomic E-state index is -0.991. The molecule has 1 fully saturated rings. The lowest BCUT2D eigenvalue weighted by Crippen LogP contribution is -2.42. The lowest BCUT2D eigenvalue weighted by molar-refractivity contribution is 0.0237. The number of amides is 1. The molecule has 3 rings (SSSR count). The number of aromatic nitrogens is 2. The Morgan fingerprint density at radius 3 is 2.67 bits per heavy atom. The summed E-state index contributed by atoms with van der Waals surface area (Å²) in [6, 6.07) is 3.45. The Morgan fingerprint density at radius 2 is 2.04 bits per heavy atom. The van der Waals surface area contributed by atoms with Crippen LogP contribution in [0.15, 0.2) is 18.3 Å². The van der Waals surface area contributed by atoms with E-state index < -0.39 is 11.6 Å². The molecule has 1 aliphatic heterocycles. The van der Waals surface area contributed by atoms with E-state index >= 15 is 0 Å². The summed E-state index contributed by atoms with van der Waals surface area (Å²) in [7, 11) is 3.54. The number of rotatable bonds is 3. The van der Waals surface area contributed by atoms with Gasteiger partial charge in [-0.1, -0.05) is 0 Å². The van der Waals surface area contributed by atoms with Crippen LogP contribution in [0.3, 0.4) is 0 Å². The highest BCUT2D eigenvalue weighted by Gasteiger charge is 2.32. The molecule has 1 saturated heterocycles. The molecule has 1 atom stereocenters. The van der Waals surface area contributed by atoms with E-state index in [-0.39, 0.29) is 17.7 Å². The molecule has 146 valence electrons. The van der Waals surface area contributed by atoms with Crippen molar-refractivity contribution in [3.63, 3.8) is 0 Å². The van der Waals surface area contributed by atoms with Crippen LogP contribution in [0, 0.1) is 0 Å². The molecule has 2 aromatic rings. The van der Waals surface area contributed by atoms with Crippen molar-refractivity contribution in [3.8, 4) is 0 Å². The normalized spacial score (nSPS) is 17.4. The summed E-state index contributed by atoms with van der Waals surface area (Å²) in [6.45, 7) is 6.98. The number of anilines is 1. The lowest BCUT2D eigenvalue weighted by Gasteiger charge is -2.29. The van der Waals surface area contributed by atoms with E-state index in [4.69, 9.17) is 4.74 Å². The van der Waals surface area contributed by atoms with Gasteiger partial charge in [-0.15, -0.1) is 0 Å². The first-order valence-electron chi connectivity index (χ1n) is 8.97. The van der Waals surface area contributed by atoms with Crippen molar-refractivity contribution >= 4 is 28.7 Å². The number of hydrogen-bond acceptors (Lipinski definition) is 5. The molecular weight excluding hydrogens is 348 g/mol. The third-order valence-corrected chi connectivity index (χ3v) is 4.73. The zero-order valence-electron chi connectivity index (χ0n) is 16.4. The van der Waals surface area contributed by atoms with E-state index in [0.29, 0.717) is 12.1 Å². The molecule has 0 saturated carbocycles. The van der Waals surface area contributed by atoms with Gasteiger partial charge in [0, 0.05) is 44.5 Å². The van der Waals surface area contributed by atoms with Crippen LogP contribution in [-0.4, -0.2) is 63.6 Å². The minimum absolute atomic E-state index is 0.0331. The van der Waals surface area contributed by atoms with Gasteiger partial charge in [0.1, 0.15) is 11.1 Å². The summed E-state index contributed by atoms with van der Waals surface area (Å²) in [5.74, 6) is -0.991. The highest BCUT2D eigenvalue weighted by molar-refractivity contribution is 6.06. The SMILES string of the molecule is CN(C(=O)OC(C)(C)C)[C@@H]1CCN(c2ccc(C(=O)O)c3nn(C)cc23)C1. The van der Waals surface area contributed by atoms with Crippen molar-refractivity contribution in [1.82, 2.24) is 14.7 Å². The highest BCUT2D eigenvalue weighted by atomic mass is 16.6. The molecule has 1 aliphatic rings. The summed E-state index contributed by atoms with van der Waals surface area (Å²) in [4.78, 5) is 27.6. The number of aromatic carboxylic acids is 1. The third kappa shape index (κ3) is 3.84. The fourth-order valence-corrected chi connectivity index (χ4v) is 3.41. The van der Waals surface area contributed by atoms with Crippen LogP contribution in [-0.2, 0) is 11.8 Å². The molecule has 0 aliphatic carbocycles. The lowest BCUT2D eigenvalue weighted by atomic mass is 10.1. The molecule has 1 aromatic heterocycles. The molecule has 0 radical (unpaired) electrons. The molecule has 1 N–H and O–H groups in total. The second-order valence-corrected chi connectivity index (χ2v) is 7.98. The number of likely N-dealkylation sites (N-methyl/N-ethyl adjacent to an activating group) is 1. The Kier molecular flexibility index (Phi) is 4.75. The van der Waals surface area contributed by atoms with Gasteiger partial charge in [-0.2, -0.15) is 5.10 Å². The zero-order valence-corrected chi connectivity index (χ0v) is 16.4. The summed E-state index contributed by atoms with van der Waals surface area (Å²) in [5, 5.41) is 14.5. The quantitative estimate of drug-likeness (QED) is 0.889. The first kappa shape index (κ1) is 19.0. The van der Waals surface area contributed by atoms with Crippen LogP contribution in [0.25, 0.3) is 10.9 Å². The maximum absolute atomic E-state index is 12.3. The number of carbonyl (C=O) groups excluding carboxylic acids is 1. The Bertz CT molecular complexity index is 884. The number of benzene rings is 1. The number of hydrogen-bond donors (Lipinski definition) is 1. The summed E-state index contributed by atoms with van der Waals surface area (Å²) < 4.78 is 7.08. The Balaban J connectivity index is 1.82. The monoisotopic (exact) mass is 374 g/mol. The fourth-order valence-electron chi connectivity index (χ4n) is 3.41. The molecule has 1 aromatic carbocycles. The Labute approximate surface area is 158 Å². The van der Waals surface area contributed by atoms with Gasteiger partial charge in [0.05, 0.1) is 11.6 Å². The van der Waals surface area contributed by atoms with Crippen LogP contribution in [0.5, 0.6) is 0 Å². The number of carboxylic acids is 1. The van der Waals surface area contributed by atoms with Crippen LogP contribution >= 0.6 is 0 Å². The number of carboxylic acid groups (broad SMARTS) is 1. The van der Waals surface area contributed by atoms with E-state index in [1.54, 1.807) is 29.7 Å². The van der Waals surface area contributed by atoms with E-state index in [9.17, 15) is 14.7 Å². The van der Waals surface area contributed by atoms with Crippen molar-refractivity contribution in [2.24, 2.45) is 7.05 Å². The third-order valence-electron chi connectivity index (χ3n) is 4.73. The highest BCUT2D eigenvalue weighted by Crippen LogP contribution is 2.32. The number of fused-ring (bicyclic) bond motifs is 1. The van der Waals surface area contributed by atoms with Crippen molar-refractivity contribution < 1.29 is 19.4 Å². The van der Waals surface area contributed by atoms with Gasteiger partial charge in [-0.05, 0) is 39.3 Å². The number of aryl methyl sites for hydroxylation is 1. The van der Waals surface area contributed by atoms with Crippen LogP contribution < -0.4 is 4.90 Å². The van der Waals surface area contributed by atoms with Gasteiger partial charge in [0.25, 0.3) is 0 Å². The maximum atomic E-state index is 12.3. The Morgan fingerprint density at radius 1 is 1.33 bits per heavy atom. The molecule has 0 spiro atoms. The number of ether oxygens (including phenoxy) is 1. The predicted octanol–water partition coefficient (Wildman–Crippen LogP) is 2.72. The first-order valence-corrected chi connectivity index (χ1v) is 8.97. The van der Waals surface area contributed by atoms with Crippen molar-refractivity contribution in [1.29, 1.82) is 0 Å². The van der Waals surface area contributed by atoms with Gasteiger partial charge < -0.3 is 19.6 Å². The van der Waals surface area contributed by atoms with E-state index in [1.807, 2.05) is 33.0 Å². The largest absolute Gasteiger partial charge is 0.478 e. The summed E-state index contributed by atoms with van der Waals surface area (Å²) in [6.07, 6.45) is 2.32. The topological polar surface area (TPSA) is 87.9 Å². The van der Waals surface area contributed by atoms with E-state index in [1.165, 1.54) is 0 Å². The predicted molar refractivity (Wildman–Crippen MR) is 102 cm³/mol. The molecule has 1 amide bonds. The number of nitrogens with zero attached hydrogens (tertiary/aromatic N) is 4. The number of carbonyl (C=O) groups is 2. The molecular formula is C19H26N4O4. The molecule has 8 nitrogen and oxygen atoms in total. The summed E-state index contributed by atoms with van der Waals surface area (Å²) >= 11 is 0. The summed E-state index contributed by atoms with van der Waals surface area (Å²) in [5.41, 5.74) is 1.07. The zero-order chi connectivity index (χ0) is 19.9. The molecule has 8 heteroatoms. The smallest absolute Gasteiger partial charge is 0.410 e. The van der Waals surface area contributed by atoms with E-state index in [2.05, 4.69) is 10.00 Å². The van der Waals surface area contributed by atoms with Gasteiger partial charge >= 0.3 is 12.1 Å². The van der Waals surface area contributed by atoms with Crippen LogP contribution in [0.1, 0.15) is 37.6 Å². The van der Waals surface area contributed by atoms with Gasteiger partial charge in [0.15, 0.2) is 0 Å². The van der Waals surface area contributed by atoms with Gasteiger partial charge in [-0.25, -0.2) is 9.59 Å². The minimum Gasteiger partial charge on any atom is -0.478 e. The molecule has 0 unspecified atom stereocenters.